The largest absolute Gasteiger partial charge is 0.331 e. The van der Waals surface area contributed by atoms with Crippen molar-refractivity contribution in [1.29, 1.82) is 0 Å². The number of hydrogen-bond acceptors (Lipinski definition) is 3. The minimum atomic E-state index is 0.221. The molecule has 1 fully saturated rings. The monoisotopic (exact) mass is 401 g/mol. The Balaban J connectivity index is 1.42. The highest BCUT2D eigenvalue weighted by molar-refractivity contribution is 5.76. The van der Waals surface area contributed by atoms with Crippen LogP contribution in [0.2, 0.25) is 0 Å². The fourth-order valence-electron chi connectivity index (χ4n) is 4.59. The smallest absolute Gasteiger partial charge is 0.223 e. The summed E-state index contributed by atoms with van der Waals surface area (Å²) in [5, 5.41) is 0. The van der Waals surface area contributed by atoms with Crippen molar-refractivity contribution in [3.8, 4) is 0 Å². The van der Waals surface area contributed by atoms with Gasteiger partial charge in [-0.05, 0) is 43.0 Å². The maximum Gasteiger partial charge on any atom is 0.223 e. The zero-order valence-electron chi connectivity index (χ0n) is 17.2. The van der Waals surface area contributed by atoms with Gasteiger partial charge >= 0.3 is 0 Å². The van der Waals surface area contributed by atoms with Gasteiger partial charge in [-0.2, -0.15) is 0 Å². The van der Waals surface area contributed by atoms with Gasteiger partial charge in [-0.15, -0.1) is 0 Å². The molecule has 4 aromatic heterocycles. The van der Waals surface area contributed by atoms with Crippen molar-refractivity contribution in [2.45, 2.75) is 51.6 Å². The molecule has 6 heteroatoms. The minimum Gasteiger partial charge on any atom is -0.331 e. The van der Waals surface area contributed by atoms with Gasteiger partial charge < -0.3 is 13.7 Å². The first-order chi connectivity index (χ1) is 14.8. The van der Waals surface area contributed by atoms with Gasteiger partial charge in [0, 0.05) is 18.8 Å². The fraction of sp³-hybridized carbons (Fsp3) is 0.375. The quantitative estimate of drug-likeness (QED) is 0.479. The van der Waals surface area contributed by atoms with Crippen LogP contribution in [0.3, 0.4) is 0 Å². The third-order valence-electron chi connectivity index (χ3n) is 6.23. The van der Waals surface area contributed by atoms with E-state index in [1.807, 2.05) is 66.1 Å². The van der Waals surface area contributed by atoms with E-state index in [0.29, 0.717) is 25.4 Å². The number of amides is 1. The van der Waals surface area contributed by atoms with Crippen molar-refractivity contribution in [3.05, 3.63) is 72.6 Å². The molecule has 4 heterocycles. The molecule has 154 valence electrons. The summed E-state index contributed by atoms with van der Waals surface area (Å²) in [5.74, 6) is 0.733. The Kier molecular flexibility index (Phi) is 5.22. The Morgan fingerprint density at radius 1 is 0.867 bits per heavy atom. The predicted octanol–water partition coefficient (Wildman–Crippen LogP) is 4.48. The SMILES string of the molecule is O=C(CC1CCCCC1)N(Cc1cnc2ccccn12)Cc1cnc2ccccn12. The molecule has 0 radical (unpaired) electrons. The molecule has 1 saturated carbocycles. The first-order valence-corrected chi connectivity index (χ1v) is 10.9. The topological polar surface area (TPSA) is 54.9 Å². The molecule has 0 atom stereocenters. The van der Waals surface area contributed by atoms with E-state index in [9.17, 15) is 4.79 Å². The molecule has 4 aromatic rings. The molecule has 0 N–H and O–H groups in total. The molecule has 30 heavy (non-hydrogen) atoms. The van der Waals surface area contributed by atoms with E-state index >= 15 is 0 Å². The van der Waals surface area contributed by atoms with Crippen LogP contribution in [0.25, 0.3) is 11.3 Å². The molecule has 5 rings (SSSR count). The Morgan fingerprint density at radius 3 is 2.00 bits per heavy atom. The molecule has 0 unspecified atom stereocenters. The Morgan fingerprint density at radius 2 is 1.43 bits per heavy atom. The van der Waals surface area contributed by atoms with Gasteiger partial charge in [-0.3, -0.25) is 4.79 Å². The van der Waals surface area contributed by atoms with E-state index in [1.54, 1.807) is 0 Å². The first kappa shape index (κ1) is 18.9. The van der Waals surface area contributed by atoms with Gasteiger partial charge in [-0.25, -0.2) is 9.97 Å². The van der Waals surface area contributed by atoms with Crippen LogP contribution in [0.15, 0.2) is 61.2 Å². The van der Waals surface area contributed by atoms with Crippen LogP contribution in [0.4, 0.5) is 0 Å². The van der Waals surface area contributed by atoms with Crippen LogP contribution in [-0.2, 0) is 17.9 Å². The molecule has 1 aliphatic carbocycles. The number of carbonyl (C=O) groups is 1. The highest BCUT2D eigenvalue weighted by Gasteiger charge is 2.23. The van der Waals surface area contributed by atoms with E-state index < -0.39 is 0 Å². The maximum atomic E-state index is 13.4. The summed E-state index contributed by atoms with van der Waals surface area (Å²) in [6, 6.07) is 11.9. The second kappa shape index (κ2) is 8.30. The Bertz CT molecular complexity index is 1080. The molecular formula is C24H27N5O. The van der Waals surface area contributed by atoms with Crippen LogP contribution < -0.4 is 0 Å². The van der Waals surface area contributed by atoms with Crippen molar-refractivity contribution in [3.63, 3.8) is 0 Å². The lowest BCUT2D eigenvalue weighted by molar-refractivity contribution is -0.133. The molecule has 0 aliphatic heterocycles. The highest BCUT2D eigenvalue weighted by Crippen LogP contribution is 2.27. The van der Waals surface area contributed by atoms with Crippen molar-refractivity contribution < 1.29 is 4.79 Å². The number of nitrogens with zero attached hydrogens (tertiary/aromatic N) is 5. The lowest BCUT2D eigenvalue weighted by atomic mass is 9.86. The normalized spacial score (nSPS) is 15.1. The number of fused-ring (bicyclic) bond motifs is 2. The Hall–Kier alpha value is -3.15. The molecule has 0 bridgehead atoms. The molecule has 0 spiro atoms. The highest BCUT2D eigenvalue weighted by atomic mass is 16.2. The molecule has 6 nitrogen and oxygen atoms in total. The van der Waals surface area contributed by atoms with Crippen LogP contribution in [0.1, 0.15) is 49.9 Å². The molecule has 0 saturated heterocycles. The van der Waals surface area contributed by atoms with Gasteiger partial charge in [0.25, 0.3) is 0 Å². The summed E-state index contributed by atoms with van der Waals surface area (Å²) in [4.78, 5) is 24.4. The predicted molar refractivity (Wildman–Crippen MR) is 116 cm³/mol. The van der Waals surface area contributed by atoms with Gasteiger partial charge in [0.05, 0.1) is 36.9 Å². The van der Waals surface area contributed by atoms with Crippen LogP contribution in [0.5, 0.6) is 0 Å². The van der Waals surface area contributed by atoms with E-state index in [1.165, 1.54) is 32.1 Å². The lowest BCUT2D eigenvalue weighted by Gasteiger charge is -2.27. The number of rotatable bonds is 6. The van der Waals surface area contributed by atoms with E-state index in [2.05, 4.69) is 18.8 Å². The van der Waals surface area contributed by atoms with Crippen LogP contribution in [0, 0.1) is 5.92 Å². The second-order valence-electron chi connectivity index (χ2n) is 8.31. The third kappa shape index (κ3) is 3.82. The minimum absolute atomic E-state index is 0.221. The lowest BCUT2D eigenvalue weighted by Crippen LogP contribution is -2.32. The first-order valence-electron chi connectivity index (χ1n) is 10.9. The zero-order chi connectivity index (χ0) is 20.3. The van der Waals surface area contributed by atoms with Crippen molar-refractivity contribution in [2.75, 3.05) is 0 Å². The molecule has 0 aromatic carbocycles. The van der Waals surface area contributed by atoms with Crippen molar-refractivity contribution in [2.24, 2.45) is 5.92 Å². The van der Waals surface area contributed by atoms with Crippen molar-refractivity contribution >= 4 is 17.2 Å². The number of carbonyl (C=O) groups excluding carboxylic acids is 1. The molecule has 1 aliphatic rings. The average Bonchev–Trinajstić information content (AvgIpc) is 3.38. The number of hydrogen-bond donors (Lipinski definition) is 0. The van der Waals surface area contributed by atoms with E-state index in [-0.39, 0.29) is 5.91 Å². The summed E-state index contributed by atoms with van der Waals surface area (Å²) in [6.07, 6.45) is 14.6. The van der Waals surface area contributed by atoms with Gasteiger partial charge in [0.15, 0.2) is 0 Å². The van der Waals surface area contributed by atoms with Crippen molar-refractivity contribution in [1.82, 2.24) is 23.7 Å². The van der Waals surface area contributed by atoms with Gasteiger partial charge in [-0.1, -0.05) is 31.4 Å². The summed E-state index contributed by atoms with van der Waals surface area (Å²) in [5.41, 5.74) is 3.86. The molecular weight excluding hydrogens is 374 g/mol. The van der Waals surface area contributed by atoms with Gasteiger partial charge in [0.1, 0.15) is 11.3 Å². The summed E-state index contributed by atoms with van der Waals surface area (Å²) >= 11 is 0. The maximum absolute atomic E-state index is 13.4. The number of imidazole rings is 2. The van der Waals surface area contributed by atoms with E-state index in [4.69, 9.17) is 0 Å². The number of aromatic nitrogens is 4. The second-order valence-corrected chi connectivity index (χ2v) is 8.31. The van der Waals surface area contributed by atoms with Gasteiger partial charge in [0.2, 0.25) is 5.91 Å². The van der Waals surface area contributed by atoms with Crippen LogP contribution >= 0.6 is 0 Å². The van der Waals surface area contributed by atoms with Crippen LogP contribution in [-0.4, -0.2) is 29.6 Å². The summed E-state index contributed by atoms with van der Waals surface area (Å²) < 4.78 is 4.13. The van der Waals surface area contributed by atoms with E-state index in [0.717, 1.165) is 22.7 Å². The third-order valence-corrected chi connectivity index (χ3v) is 6.23. The summed E-state index contributed by atoms with van der Waals surface area (Å²) in [6.45, 7) is 1.08. The summed E-state index contributed by atoms with van der Waals surface area (Å²) in [7, 11) is 0. The fourth-order valence-corrected chi connectivity index (χ4v) is 4.59. The average molecular weight is 402 g/mol. The standard InChI is InChI=1S/C24H27N5O/c30-24(14-19-8-2-1-3-9-19)27(17-20-15-25-22-10-4-6-12-28(20)22)18-21-16-26-23-11-5-7-13-29(21)23/h4-7,10-13,15-16,19H,1-3,8-9,14,17-18H2. The molecule has 1 amide bonds. The Labute approximate surface area is 176 Å². The zero-order valence-corrected chi connectivity index (χ0v) is 17.2. The number of pyridine rings is 2.